The van der Waals surface area contributed by atoms with Crippen molar-refractivity contribution in [2.75, 3.05) is 6.54 Å². The summed E-state index contributed by atoms with van der Waals surface area (Å²) in [6, 6.07) is 0. The average molecular weight is 383 g/mol. The van der Waals surface area contributed by atoms with Crippen LogP contribution in [0.4, 0.5) is 0 Å². The summed E-state index contributed by atoms with van der Waals surface area (Å²) in [5.41, 5.74) is -0.348. The highest BCUT2D eigenvalue weighted by atomic mass is 16.5. The Bertz CT molecular complexity index is 453. The molecule has 158 valence electrons. The van der Waals surface area contributed by atoms with E-state index in [1.54, 1.807) is 4.90 Å². The first-order chi connectivity index (χ1) is 12.6. The van der Waals surface area contributed by atoms with Crippen molar-refractivity contribution in [3.8, 4) is 0 Å². The van der Waals surface area contributed by atoms with Crippen LogP contribution in [0.1, 0.15) is 99.3 Å². The topological polar surface area (TPSA) is 58.6 Å². The molecule has 0 radical (unpaired) electrons. The minimum Gasteiger partial charge on any atom is -0.462 e. The lowest BCUT2D eigenvalue weighted by Gasteiger charge is -2.38. The largest absolute Gasteiger partial charge is 0.462 e. The third kappa shape index (κ3) is 13.3. The van der Waals surface area contributed by atoms with Gasteiger partial charge in [-0.15, -0.1) is 0 Å². The molecule has 0 aromatic rings. The van der Waals surface area contributed by atoms with E-state index >= 15 is 0 Å². The number of ether oxygens (including phenoxy) is 1. The van der Waals surface area contributed by atoms with Crippen molar-refractivity contribution in [2.24, 2.45) is 0 Å². The molecule has 0 aliphatic heterocycles. The molecule has 0 bridgehead atoms. The van der Waals surface area contributed by atoms with Gasteiger partial charge >= 0.3 is 5.97 Å². The highest BCUT2D eigenvalue weighted by Crippen LogP contribution is 2.18. The van der Waals surface area contributed by atoms with E-state index in [4.69, 9.17) is 4.74 Å². The van der Waals surface area contributed by atoms with Crippen LogP contribution in [-0.2, 0) is 14.3 Å². The number of amides is 1. The maximum atomic E-state index is 12.2. The molecule has 0 aliphatic carbocycles. The Morgan fingerprint density at radius 2 is 1.52 bits per heavy atom. The number of rotatable bonds is 14. The van der Waals surface area contributed by atoms with Gasteiger partial charge in [-0.1, -0.05) is 58.4 Å². The summed E-state index contributed by atoms with van der Waals surface area (Å²) in [6.07, 6.45) is 9.93. The van der Waals surface area contributed by atoms with Crippen LogP contribution >= 0.6 is 0 Å². The number of unbranched alkanes of at least 4 members (excludes halogenated alkanes) is 7. The summed E-state index contributed by atoms with van der Waals surface area (Å²) >= 11 is 0. The monoisotopic (exact) mass is 382 g/mol. The molecule has 0 aromatic carbocycles. The molecule has 1 N–H and O–H groups in total. The molecule has 5 nitrogen and oxygen atoms in total. The third-order valence-electron chi connectivity index (χ3n) is 4.33. The van der Waals surface area contributed by atoms with Crippen LogP contribution in [0.25, 0.3) is 0 Å². The minimum absolute atomic E-state index is 0.0440. The van der Waals surface area contributed by atoms with Crippen LogP contribution < -0.4 is 5.32 Å². The van der Waals surface area contributed by atoms with Crippen molar-refractivity contribution < 1.29 is 14.3 Å². The van der Waals surface area contributed by atoms with Crippen LogP contribution in [0.2, 0.25) is 0 Å². The van der Waals surface area contributed by atoms with Gasteiger partial charge in [0.2, 0.25) is 5.91 Å². The fourth-order valence-corrected chi connectivity index (χ4v) is 2.88. The predicted molar refractivity (Wildman–Crippen MR) is 112 cm³/mol. The maximum absolute atomic E-state index is 12.2. The van der Waals surface area contributed by atoms with E-state index < -0.39 is 0 Å². The number of esters is 1. The molecule has 1 amide bonds. The number of nitrogens with one attached hydrogen (secondary N) is 1. The molecule has 27 heavy (non-hydrogen) atoms. The molecule has 0 aromatic heterocycles. The third-order valence-corrected chi connectivity index (χ3v) is 4.33. The smallest absolute Gasteiger partial charge is 0.325 e. The highest BCUT2D eigenvalue weighted by molar-refractivity contribution is 5.78. The van der Waals surface area contributed by atoms with Gasteiger partial charge in [-0.25, -0.2) is 0 Å². The van der Waals surface area contributed by atoms with E-state index in [0.29, 0.717) is 12.2 Å². The van der Waals surface area contributed by atoms with Crippen molar-refractivity contribution >= 4 is 11.9 Å². The van der Waals surface area contributed by atoms with Gasteiger partial charge in [0, 0.05) is 12.0 Å². The Kier molecular flexibility index (Phi) is 12.9. The Hall–Kier alpha value is -1.52. The fourth-order valence-electron chi connectivity index (χ4n) is 2.88. The van der Waals surface area contributed by atoms with Crippen molar-refractivity contribution in [2.45, 2.75) is 111 Å². The van der Waals surface area contributed by atoms with Gasteiger partial charge in [0.25, 0.3) is 0 Å². The minimum atomic E-state index is -0.348. The van der Waals surface area contributed by atoms with Gasteiger partial charge in [-0.05, 0) is 41.0 Å². The number of carbonyl (C=O) groups excluding carboxylic acids is 2. The van der Waals surface area contributed by atoms with E-state index in [2.05, 4.69) is 18.8 Å². The first-order valence-electron chi connectivity index (χ1n) is 10.5. The quantitative estimate of drug-likeness (QED) is 0.333. The van der Waals surface area contributed by atoms with Gasteiger partial charge in [0.05, 0.1) is 6.10 Å². The molecular formula is C22H42N2O3. The summed E-state index contributed by atoms with van der Waals surface area (Å²) in [5, 5.41) is 2.85. The van der Waals surface area contributed by atoms with Crippen LogP contribution in [0, 0.1) is 0 Å². The molecule has 0 aliphatic rings. The van der Waals surface area contributed by atoms with Gasteiger partial charge in [0.15, 0.2) is 0 Å². The van der Waals surface area contributed by atoms with E-state index in [9.17, 15) is 9.59 Å². The predicted octanol–water partition coefficient (Wildman–Crippen LogP) is 5.16. The molecular weight excluding hydrogens is 340 g/mol. The molecule has 0 spiro atoms. The van der Waals surface area contributed by atoms with E-state index in [-0.39, 0.29) is 30.1 Å². The molecule has 0 saturated carbocycles. The lowest BCUT2D eigenvalue weighted by Crippen LogP contribution is -2.48. The Morgan fingerprint density at radius 1 is 1.00 bits per heavy atom. The second-order valence-electron chi connectivity index (χ2n) is 8.52. The second-order valence-corrected chi connectivity index (χ2v) is 8.52. The molecule has 5 heteroatoms. The molecule has 0 heterocycles. The number of hydrogen-bond acceptors (Lipinski definition) is 4. The zero-order valence-electron chi connectivity index (χ0n) is 18.5. The summed E-state index contributed by atoms with van der Waals surface area (Å²) in [7, 11) is 0. The van der Waals surface area contributed by atoms with E-state index in [0.717, 1.165) is 12.8 Å². The fraction of sp³-hybridized carbons (Fsp3) is 0.818. The van der Waals surface area contributed by atoms with Crippen LogP contribution in [0.15, 0.2) is 12.4 Å². The van der Waals surface area contributed by atoms with Gasteiger partial charge in [-0.3, -0.25) is 9.59 Å². The van der Waals surface area contributed by atoms with Crippen molar-refractivity contribution in [3.63, 3.8) is 0 Å². The Labute approximate surface area is 166 Å². The standard InChI is InChI=1S/C22H42N2O3/c1-8-9-10-11-12-13-14-15-16-20(25)23-19(4)24(22(5,6)7)17-21(26)27-18(2)3/h18H,4,8-17H2,1-3,5-7H3,(H,23,25). The van der Waals surface area contributed by atoms with E-state index in [1.165, 1.54) is 38.5 Å². The lowest BCUT2D eigenvalue weighted by atomic mass is 10.1. The summed E-state index contributed by atoms with van der Waals surface area (Å²) in [6.45, 7) is 15.8. The summed E-state index contributed by atoms with van der Waals surface area (Å²) in [4.78, 5) is 26.0. The van der Waals surface area contributed by atoms with Gasteiger partial charge in [0.1, 0.15) is 12.4 Å². The molecule has 0 rings (SSSR count). The zero-order valence-corrected chi connectivity index (χ0v) is 18.5. The number of nitrogens with zero attached hydrogens (tertiary/aromatic N) is 1. The average Bonchev–Trinajstić information content (AvgIpc) is 2.53. The first kappa shape index (κ1) is 25.5. The van der Waals surface area contributed by atoms with Crippen molar-refractivity contribution in [1.29, 1.82) is 0 Å². The number of hydrogen-bond donors (Lipinski definition) is 1. The molecule has 0 saturated heterocycles. The van der Waals surface area contributed by atoms with Crippen LogP contribution in [-0.4, -0.2) is 35.0 Å². The van der Waals surface area contributed by atoms with Crippen LogP contribution in [0.3, 0.4) is 0 Å². The molecule has 0 unspecified atom stereocenters. The number of carbonyl (C=O) groups is 2. The molecule has 0 atom stereocenters. The summed E-state index contributed by atoms with van der Waals surface area (Å²) in [5.74, 6) is 0.0867. The normalized spacial score (nSPS) is 11.4. The zero-order chi connectivity index (χ0) is 20.9. The lowest BCUT2D eigenvalue weighted by molar-refractivity contribution is -0.149. The van der Waals surface area contributed by atoms with Gasteiger partial charge < -0.3 is 15.0 Å². The molecule has 0 fully saturated rings. The SMILES string of the molecule is C=C(NC(=O)CCCCCCCCCC)N(CC(=O)OC(C)C)C(C)(C)C. The maximum Gasteiger partial charge on any atom is 0.325 e. The Balaban J connectivity index is 4.26. The van der Waals surface area contributed by atoms with Crippen LogP contribution in [0.5, 0.6) is 0 Å². The van der Waals surface area contributed by atoms with Crippen molar-refractivity contribution in [3.05, 3.63) is 12.4 Å². The van der Waals surface area contributed by atoms with E-state index in [1.807, 2.05) is 34.6 Å². The Morgan fingerprint density at radius 3 is 2.00 bits per heavy atom. The first-order valence-corrected chi connectivity index (χ1v) is 10.5. The second kappa shape index (κ2) is 13.6. The van der Waals surface area contributed by atoms with Crippen molar-refractivity contribution in [1.82, 2.24) is 10.2 Å². The van der Waals surface area contributed by atoms with Gasteiger partial charge in [-0.2, -0.15) is 0 Å². The summed E-state index contributed by atoms with van der Waals surface area (Å²) < 4.78 is 5.22. The highest BCUT2D eigenvalue weighted by Gasteiger charge is 2.26.